The monoisotopic (exact) mass is 494 g/mol. The minimum Gasteiger partial charge on any atom is -0.390 e. The van der Waals surface area contributed by atoms with Gasteiger partial charge < -0.3 is 15.7 Å². The average molecular weight is 495 g/mol. The van der Waals surface area contributed by atoms with Gasteiger partial charge in [0.25, 0.3) is 0 Å². The molecule has 3 N–H and O–H groups in total. The summed E-state index contributed by atoms with van der Waals surface area (Å²) in [6.07, 6.45) is 0.361. The number of hydrogen-bond donors (Lipinski definition) is 3. The number of carbonyl (C=O) groups is 1. The standard InChI is InChI=1S/C25H32F2N2O4S/c1-2-17-4-3-5-18(8-17)14-28-15-24(30)23(11-20-9-21(26)13-22(27)10-20)29-25(31)12-19-6-7-34(32,33)16-19/h3-5,8-10,13,19,23-24,28,30H,2,6-7,11-12,14-16H2,1H3,(H,29,31)/t19?,23-,24+/m0/s1. The molecule has 1 fully saturated rings. The van der Waals surface area contributed by atoms with Crippen LogP contribution in [0.4, 0.5) is 8.78 Å². The molecule has 9 heteroatoms. The fraction of sp³-hybridized carbons (Fsp3) is 0.480. The van der Waals surface area contributed by atoms with E-state index in [-0.39, 0.29) is 36.8 Å². The second-order valence-corrected chi connectivity index (χ2v) is 11.2. The molecule has 0 radical (unpaired) electrons. The molecule has 1 amide bonds. The number of aliphatic hydroxyl groups excluding tert-OH is 1. The van der Waals surface area contributed by atoms with Gasteiger partial charge in [0.2, 0.25) is 5.91 Å². The first kappa shape index (κ1) is 26.2. The van der Waals surface area contributed by atoms with Gasteiger partial charge in [0, 0.05) is 25.6 Å². The van der Waals surface area contributed by atoms with E-state index >= 15 is 0 Å². The molecular weight excluding hydrogens is 462 g/mol. The maximum atomic E-state index is 13.7. The minimum atomic E-state index is -3.11. The molecule has 0 spiro atoms. The molecule has 2 aromatic rings. The first-order valence-corrected chi connectivity index (χ1v) is 13.4. The molecule has 1 aliphatic heterocycles. The Hall–Kier alpha value is -2.36. The Labute approximate surface area is 199 Å². The van der Waals surface area contributed by atoms with Crippen LogP contribution in [0.2, 0.25) is 0 Å². The summed E-state index contributed by atoms with van der Waals surface area (Å²) in [6.45, 7) is 2.73. The number of nitrogens with one attached hydrogen (secondary N) is 2. The van der Waals surface area contributed by atoms with E-state index in [0.717, 1.165) is 18.1 Å². The molecule has 0 aliphatic carbocycles. The van der Waals surface area contributed by atoms with Crippen LogP contribution in [0.25, 0.3) is 0 Å². The van der Waals surface area contributed by atoms with Crippen LogP contribution in [0, 0.1) is 17.6 Å². The Kier molecular flexibility index (Phi) is 9.16. The van der Waals surface area contributed by atoms with Gasteiger partial charge in [-0.25, -0.2) is 17.2 Å². The fourth-order valence-electron chi connectivity index (χ4n) is 4.29. The predicted octanol–water partition coefficient (Wildman–Crippen LogP) is 2.53. The Morgan fingerprint density at radius 2 is 1.82 bits per heavy atom. The number of aliphatic hydroxyl groups is 1. The zero-order valence-electron chi connectivity index (χ0n) is 19.3. The van der Waals surface area contributed by atoms with Gasteiger partial charge >= 0.3 is 0 Å². The molecule has 3 rings (SSSR count). The molecule has 1 heterocycles. The van der Waals surface area contributed by atoms with Gasteiger partial charge in [0.1, 0.15) is 11.6 Å². The maximum absolute atomic E-state index is 13.7. The maximum Gasteiger partial charge on any atom is 0.220 e. The molecule has 1 saturated heterocycles. The van der Waals surface area contributed by atoms with E-state index < -0.39 is 39.5 Å². The van der Waals surface area contributed by atoms with Crippen LogP contribution in [-0.4, -0.2) is 49.6 Å². The number of sulfone groups is 1. The quantitative estimate of drug-likeness (QED) is 0.446. The Balaban J connectivity index is 1.63. The molecule has 2 aromatic carbocycles. The summed E-state index contributed by atoms with van der Waals surface area (Å²) in [5.74, 6) is -2.08. The third kappa shape index (κ3) is 8.14. The number of amides is 1. The van der Waals surface area contributed by atoms with E-state index in [2.05, 4.69) is 23.6 Å². The lowest BCUT2D eigenvalue weighted by atomic mass is 9.99. The van der Waals surface area contributed by atoms with Gasteiger partial charge in [-0.3, -0.25) is 4.79 Å². The van der Waals surface area contributed by atoms with Crippen LogP contribution < -0.4 is 10.6 Å². The first-order chi connectivity index (χ1) is 16.1. The topological polar surface area (TPSA) is 95.5 Å². The number of carbonyl (C=O) groups excluding carboxylic acids is 1. The Morgan fingerprint density at radius 1 is 1.12 bits per heavy atom. The van der Waals surface area contributed by atoms with Gasteiger partial charge in [-0.2, -0.15) is 0 Å². The number of benzene rings is 2. The molecule has 0 bridgehead atoms. The van der Waals surface area contributed by atoms with Crippen molar-refractivity contribution in [3.63, 3.8) is 0 Å². The molecule has 34 heavy (non-hydrogen) atoms. The zero-order chi connectivity index (χ0) is 24.7. The van der Waals surface area contributed by atoms with E-state index in [1.54, 1.807) is 0 Å². The van der Waals surface area contributed by atoms with E-state index in [1.165, 1.54) is 17.7 Å². The number of hydrogen-bond acceptors (Lipinski definition) is 5. The van der Waals surface area contributed by atoms with Crippen molar-refractivity contribution in [3.05, 3.63) is 70.8 Å². The number of halogens is 2. The van der Waals surface area contributed by atoms with E-state index in [1.807, 2.05) is 18.2 Å². The van der Waals surface area contributed by atoms with Crippen molar-refractivity contribution in [1.29, 1.82) is 0 Å². The van der Waals surface area contributed by atoms with Crippen molar-refractivity contribution in [2.75, 3.05) is 18.1 Å². The molecule has 1 aliphatic rings. The van der Waals surface area contributed by atoms with Gasteiger partial charge in [0.05, 0.1) is 23.7 Å². The van der Waals surface area contributed by atoms with Crippen molar-refractivity contribution in [2.45, 2.75) is 51.3 Å². The van der Waals surface area contributed by atoms with Crippen LogP contribution in [0.1, 0.15) is 36.5 Å². The van der Waals surface area contributed by atoms with Gasteiger partial charge in [-0.05, 0) is 54.0 Å². The Morgan fingerprint density at radius 3 is 2.47 bits per heavy atom. The summed E-state index contributed by atoms with van der Waals surface area (Å²) in [7, 11) is -3.11. The molecule has 0 saturated carbocycles. The lowest BCUT2D eigenvalue weighted by molar-refractivity contribution is -0.123. The molecule has 1 unspecified atom stereocenters. The molecule has 186 valence electrons. The minimum absolute atomic E-state index is 0.0250. The average Bonchev–Trinajstić information content (AvgIpc) is 3.10. The summed E-state index contributed by atoms with van der Waals surface area (Å²) in [5.41, 5.74) is 2.56. The van der Waals surface area contributed by atoms with Gasteiger partial charge in [-0.15, -0.1) is 0 Å². The molecular formula is C25H32F2N2O4S. The normalized spacial score (nSPS) is 19.0. The smallest absolute Gasteiger partial charge is 0.220 e. The van der Waals surface area contributed by atoms with Crippen LogP contribution >= 0.6 is 0 Å². The summed E-state index contributed by atoms with van der Waals surface area (Å²) < 4.78 is 50.7. The lowest BCUT2D eigenvalue weighted by Crippen LogP contribution is -2.49. The molecule has 3 atom stereocenters. The van der Waals surface area contributed by atoms with E-state index in [0.29, 0.717) is 18.5 Å². The summed E-state index contributed by atoms with van der Waals surface area (Å²) in [4.78, 5) is 12.6. The highest BCUT2D eigenvalue weighted by Gasteiger charge is 2.30. The Bertz CT molecular complexity index is 1070. The predicted molar refractivity (Wildman–Crippen MR) is 127 cm³/mol. The summed E-state index contributed by atoms with van der Waals surface area (Å²) in [6, 6.07) is 10.4. The molecule has 0 aromatic heterocycles. The van der Waals surface area contributed by atoms with Crippen molar-refractivity contribution in [1.82, 2.24) is 10.6 Å². The number of rotatable bonds is 11. The summed E-state index contributed by atoms with van der Waals surface area (Å²) >= 11 is 0. The lowest BCUT2D eigenvalue weighted by Gasteiger charge is -2.25. The van der Waals surface area contributed by atoms with Crippen LogP contribution in [-0.2, 0) is 34.0 Å². The molecule has 6 nitrogen and oxygen atoms in total. The first-order valence-electron chi connectivity index (χ1n) is 11.5. The zero-order valence-corrected chi connectivity index (χ0v) is 20.1. The highest BCUT2D eigenvalue weighted by molar-refractivity contribution is 7.91. The van der Waals surface area contributed by atoms with E-state index in [9.17, 15) is 27.1 Å². The van der Waals surface area contributed by atoms with Crippen LogP contribution in [0.15, 0.2) is 42.5 Å². The third-order valence-corrected chi connectivity index (χ3v) is 7.91. The highest BCUT2D eigenvalue weighted by Crippen LogP contribution is 2.22. The van der Waals surface area contributed by atoms with Crippen molar-refractivity contribution < 1.29 is 27.1 Å². The van der Waals surface area contributed by atoms with Crippen molar-refractivity contribution in [3.8, 4) is 0 Å². The highest BCUT2D eigenvalue weighted by atomic mass is 32.2. The van der Waals surface area contributed by atoms with Crippen LogP contribution in [0.3, 0.4) is 0 Å². The second-order valence-electron chi connectivity index (χ2n) is 9.00. The van der Waals surface area contributed by atoms with Crippen molar-refractivity contribution >= 4 is 15.7 Å². The van der Waals surface area contributed by atoms with Gasteiger partial charge in [0.15, 0.2) is 9.84 Å². The van der Waals surface area contributed by atoms with E-state index in [4.69, 9.17) is 0 Å². The fourth-order valence-corrected chi connectivity index (χ4v) is 6.15. The van der Waals surface area contributed by atoms with Crippen LogP contribution in [0.5, 0.6) is 0 Å². The summed E-state index contributed by atoms with van der Waals surface area (Å²) in [5, 5.41) is 16.7. The number of aryl methyl sites for hydroxylation is 1. The van der Waals surface area contributed by atoms with Crippen molar-refractivity contribution in [2.24, 2.45) is 5.92 Å². The second kappa shape index (κ2) is 11.9. The third-order valence-electron chi connectivity index (χ3n) is 6.07. The largest absolute Gasteiger partial charge is 0.390 e. The SMILES string of the molecule is CCc1cccc(CNC[C@@H](O)[C@H](Cc2cc(F)cc(F)c2)NC(=O)CC2CCS(=O)(=O)C2)c1. The van der Waals surface area contributed by atoms with Gasteiger partial charge in [-0.1, -0.05) is 31.2 Å².